The van der Waals surface area contributed by atoms with Crippen LogP contribution < -0.4 is 10.2 Å². The summed E-state index contributed by atoms with van der Waals surface area (Å²) in [6, 6.07) is 0.202. The number of carbonyl (C=O) groups excluding carboxylic acids is 1. The molecule has 0 spiro atoms. The second kappa shape index (κ2) is 5.85. The van der Waals surface area contributed by atoms with Gasteiger partial charge in [-0.25, -0.2) is 14.8 Å². The van der Waals surface area contributed by atoms with E-state index in [9.17, 15) is 4.79 Å². The molecular weight excluding hydrogens is 270 g/mol. The molecule has 0 saturated carbocycles. The average molecular weight is 291 g/mol. The van der Waals surface area contributed by atoms with E-state index in [1.165, 1.54) is 0 Å². The van der Waals surface area contributed by atoms with E-state index >= 15 is 0 Å². The highest BCUT2D eigenvalue weighted by Gasteiger charge is 2.31. The molecule has 1 aromatic rings. The lowest BCUT2D eigenvalue weighted by Crippen LogP contribution is -2.62. The predicted molar refractivity (Wildman–Crippen MR) is 78.4 cm³/mol. The molecule has 0 unspecified atom stereocenters. The lowest BCUT2D eigenvalue weighted by Gasteiger charge is -2.42. The summed E-state index contributed by atoms with van der Waals surface area (Å²) in [5.74, 6) is 0.972. The third kappa shape index (κ3) is 2.92. The molecule has 2 aliphatic heterocycles. The molecular formula is C14H21N5O2. The van der Waals surface area contributed by atoms with E-state index in [0.29, 0.717) is 26.3 Å². The summed E-state index contributed by atoms with van der Waals surface area (Å²) in [7, 11) is 0. The van der Waals surface area contributed by atoms with Gasteiger partial charge in [0.1, 0.15) is 12.1 Å². The van der Waals surface area contributed by atoms with Gasteiger partial charge < -0.3 is 19.9 Å². The van der Waals surface area contributed by atoms with Gasteiger partial charge in [0, 0.05) is 37.4 Å². The summed E-state index contributed by atoms with van der Waals surface area (Å²) in [5.41, 5.74) is 2.11. The van der Waals surface area contributed by atoms with Gasteiger partial charge in [-0.2, -0.15) is 0 Å². The van der Waals surface area contributed by atoms with Crippen LogP contribution in [0.1, 0.15) is 11.3 Å². The fourth-order valence-electron chi connectivity index (χ4n) is 2.62. The molecule has 2 fully saturated rings. The Hall–Kier alpha value is -1.89. The first kappa shape index (κ1) is 14.1. The van der Waals surface area contributed by atoms with Gasteiger partial charge in [-0.05, 0) is 13.8 Å². The average Bonchev–Trinajstić information content (AvgIpc) is 2.47. The summed E-state index contributed by atoms with van der Waals surface area (Å²) in [5, 5.41) is 3.07. The lowest BCUT2D eigenvalue weighted by atomic mass is 10.1. The van der Waals surface area contributed by atoms with Gasteiger partial charge in [-0.15, -0.1) is 0 Å². The van der Waals surface area contributed by atoms with E-state index in [1.54, 1.807) is 6.33 Å². The summed E-state index contributed by atoms with van der Waals surface area (Å²) in [4.78, 5) is 24.6. The smallest absolute Gasteiger partial charge is 0.317 e. The van der Waals surface area contributed by atoms with Crippen molar-refractivity contribution < 1.29 is 9.53 Å². The van der Waals surface area contributed by atoms with Crippen molar-refractivity contribution in [3.05, 3.63) is 17.6 Å². The number of aryl methyl sites for hydroxylation is 1. The van der Waals surface area contributed by atoms with E-state index in [-0.39, 0.29) is 12.1 Å². The first-order chi connectivity index (χ1) is 10.1. The maximum Gasteiger partial charge on any atom is 0.317 e. The number of ether oxygens (including phenoxy) is 1. The zero-order valence-corrected chi connectivity index (χ0v) is 12.5. The maximum absolute atomic E-state index is 12.1. The van der Waals surface area contributed by atoms with Crippen LogP contribution in [0.5, 0.6) is 0 Å². The third-order valence-electron chi connectivity index (χ3n) is 4.12. The van der Waals surface area contributed by atoms with E-state index in [1.807, 2.05) is 18.7 Å². The number of morpholine rings is 1. The van der Waals surface area contributed by atoms with Gasteiger partial charge in [0.25, 0.3) is 0 Å². The molecule has 2 amide bonds. The normalized spacial score (nSPS) is 19.3. The van der Waals surface area contributed by atoms with Gasteiger partial charge in [0.05, 0.1) is 19.3 Å². The number of nitrogens with zero attached hydrogens (tertiary/aromatic N) is 4. The summed E-state index contributed by atoms with van der Waals surface area (Å²) < 4.78 is 5.25. The van der Waals surface area contributed by atoms with Crippen molar-refractivity contribution in [2.75, 3.05) is 44.3 Å². The molecule has 0 aliphatic carbocycles. The number of hydrogen-bond donors (Lipinski definition) is 1. The number of aromatic nitrogens is 2. The number of hydrogen-bond acceptors (Lipinski definition) is 5. The molecule has 0 atom stereocenters. The van der Waals surface area contributed by atoms with Gasteiger partial charge in [0.2, 0.25) is 0 Å². The summed E-state index contributed by atoms with van der Waals surface area (Å²) in [6.07, 6.45) is 1.59. The van der Waals surface area contributed by atoms with Crippen LogP contribution in [0.4, 0.5) is 10.6 Å². The van der Waals surface area contributed by atoms with Crippen molar-refractivity contribution in [1.29, 1.82) is 0 Å². The number of urea groups is 1. The first-order valence-corrected chi connectivity index (χ1v) is 7.31. The van der Waals surface area contributed by atoms with Crippen molar-refractivity contribution in [3.63, 3.8) is 0 Å². The molecule has 0 bridgehead atoms. The van der Waals surface area contributed by atoms with Gasteiger partial charge in [0.15, 0.2) is 0 Å². The first-order valence-electron chi connectivity index (χ1n) is 7.31. The van der Waals surface area contributed by atoms with Crippen molar-refractivity contribution in [3.8, 4) is 0 Å². The highest BCUT2D eigenvalue weighted by Crippen LogP contribution is 2.23. The second-order valence-corrected chi connectivity index (χ2v) is 5.56. The minimum Gasteiger partial charge on any atom is -0.378 e. The van der Waals surface area contributed by atoms with Crippen LogP contribution in [0.15, 0.2) is 6.33 Å². The molecule has 1 aromatic heterocycles. The minimum atomic E-state index is 0.0125. The van der Waals surface area contributed by atoms with Gasteiger partial charge >= 0.3 is 6.03 Å². The fraction of sp³-hybridized carbons (Fsp3) is 0.643. The molecule has 114 valence electrons. The summed E-state index contributed by atoms with van der Waals surface area (Å²) >= 11 is 0. The van der Waals surface area contributed by atoms with Crippen molar-refractivity contribution in [2.24, 2.45) is 0 Å². The molecule has 1 N–H and O–H groups in total. The van der Waals surface area contributed by atoms with E-state index in [4.69, 9.17) is 4.74 Å². The molecule has 7 nitrogen and oxygen atoms in total. The standard InChI is InChI=1S/C14H21N5O2/c1-10-11(2)15-9-16-13(10)19-7-12(8-19)17-14(20)18-3-5-21-6-4-18/h9,12H,3-8H2,1-2H3,(H,17,20). The van der Waals surface area contributed by atoms with Crippen molar-refractivity contribution in [1.82, 2.24) is 20.2 Å². The molecule has 3 heterocycles. The number of carbonyl (C=O) groups is 1. The Bertz CT molecular complexity index is 524. The van der Waals surface area contributed by atoms with Crippen LogP contribution in [0, 0.1) is 13.8 Å². The summed E-state index contributed by atoms with van der Waals surface area (Å²) in [6.45, 7) is 8.22. The largest absolute Gasteiger partial charge is 0.378 e. The SMILES string of the molecule is Cc1ncnc(N2CC(NC(=O)N3CCOCC3)C2)c1C. The Balaban J connectivity index is 1.51. The van der Waals surface area contributed by atoms with Gasteiger partial charge in [-0.3, -0.25) is 0 Å². The molecule has 0 aromatic carbocycles. The fourth-order valence-corrected chi connectivity index (χ4v) is 2.62. The number of nitrogens with one attached hydrogen (secondary N) is 1. The lowest BCUT2D eigenvalue weighted by molar-refractivity contribution is 0.0522. The Labute approximate surface area is 124 Å². The number of anilines is 1. The van der Waals surface area contributed by atoms with Crippen molar-refractivity contribution >= 4 is 11.8 Å². The second-order valence-electron chi connectivity index (χ2n) is 5.56. The zero-order valence-electron chi connectivity index (χ0n) is 12.5. The molecule has 3 rings (SSSR count). The maximum atomic E-state index is 12.1. The Morgan fingerprint density at radius 1 is 1.29 bits per heavy atom. The molecule has 7 heteroatoms. The molecule has 21 heavy (non-hydrogen) atoms. The molecule has 0 radical (unpaired) electrons. The van der Waals surface area contributed by atoms with Crippen LogP contribution in [0.3, 0.4) is 0 Å². The topological polar surface area (TPSA) is 70.6 Å². The van der Waals surface area contributed by atoms with Crippen LogP contribution in [-0.2, 0) is 4.74 Å². The van der Waals surface area contributed by atoms with E-state index in [0.717, 1.165) is 30.2 Å². The molecule has 2 aliphatic rings. The van der Waals surface area contributed by atoms with E-state index < -0.39 is 0 Å². The monoisotopic (exact) mass is 291 g/mol. The van der Waals surface area contributed by atoms with Crippen LogP contribution in [0.2, 0.25) is 0 Å². The Morgan fingerprint density at radius 3 is 2.71 bits per heavy atom. The third-order valence-corrected chi connectivity index (χ3v) is 4.12. The van der Waals surface area contributed by atoms with Crippen LogP contribution in [0.25, 0.3) is 0 Å². The Kier molecular flexibility index (Phi) is 3.92. The van der Waals surface area contributed by atoms with Crippen LogP contribution >= 0.6 is 0 Å². The number of rotatable bonds is 2. The van der Waals surface area contributed by atoms with Gasteiger partial charge in [-0.1, -0.05) is 0 Å². The van der Waals surface area contributed by atoms with E-state index in [2.05, 4.69) is 20.2 Å². The zero-order chi connectivity index (χ0) is 14.8. The number of amides is 2. The van der Waals surface area contributed by atoms with Crippen molar-refractivity contribution in [2.45, 2.75) is 19.9 Å². The van der Waals surface area contributed by atoms with Crippen LogP contribution in [-0.4, -0.2) is 66.3 Å². The quantitative estimate of drug-likeness (QED) is 0.850. The molecule has 2 saturated heterocycles. The minimum absolute atomic E-state index is 0.0125. The highest BCUT2D eigenvalue weighted by atomic mass is 16.5. The predicted octanol–water partition coefficient (Wildman–Crippen LogP) is 0.324. The highest BCUT2D eigenvalue weighted by molar-refractivity contribution is 5.75. The Morgan fingerprint density at radius 2 is 2.00 bits per heavy atom.